The van der Waals surface area contributed by atoms with Crippen molar-refractivity contribution in [1.82, 2.24) is 4.90 Å². The van der Waals surface area contributed by atoms with E-state index in [0.29, 0.717) is 6.04 Å². The highest BCUT2D eigenvalue weighted by Crippen LogP contribution is 2.18. The van der Waals surface area contributed by atoms with E-state index in [0.717, 1.165) is 19.5 Å². The van der Waals surface area contributed by atoms with Crippen molar-refractivity contribution in [2.24, 2.45) is 5.73 Å². The highest BCUT2D eigenvalue weighted by atomic mass is 16.5. The predicted molar refractivity (Wildman–Crippen MR) is 73.2 cm³/mol. The average Bonchev–Trinajstić information content (AvgIpc) is 2.35. The van der Waals surface area contributed by atoms with Crippen LogP contribution in [0, 0.1) is 0 Å². The van der Waals surface area contributed by atoms with Crippen molar-refractivity contribution in [2.75, 3.05) is 20.2 Å². The van der Waals surface area contributed by atoms with Crippen molar-refractivity contribution in [3.8, 4) is 0 Å². The molecule has 1 rings (SSSR count). The summed E-state index contributed by atoms with van der Waals surface area (Å²) in [5.41, 5.74) is 6.04. The molecule has 3 atom stereocenters. The Morgan fingerprint density at radius 1 is 1.35 bits per heavy atom. The van der Waals surface area contributed by atoms with Gasteiger partial charge >= 0.3 is 0 Å². The molecule has 0 spiro atoms. The van der Waals surface area contributed by atoms with Gasteiger partial charge in [-0.1, -0.05) is 32.6 Å². The zero-order valence-corrected chi connectivity index (χ0v) is 11.8. The van der Waals surface area contributed by atoms with Gasteiger partial charge in [-0.25, -0.2) is 0 Å². The zero-order chi connectivity index (χ0) is 12.7. The second kappa shape index (κ2) is 8.06. The molecule has 3 nitrogen and oxygen atoms in total. The Morgan fingerprint density at radius 2 is 2.12 bits per heavy atom. The topological polar surface area (TPSA) is 38.5 Å². The van der Waals surface area contributed by atoms with Gasteiger partial charge in [0.05, 0.1) is 6.10 Å². The van der Waals surface area contributed by atoms with Crippen LogP contribution < -0.4 is 5.73 Å². The molecule has 102 valence electrons. The summed E-state index contributed by atoms with van der Waals surface area (Å²) in [6.07, 6.45) is 8.03. The summed E-state index contributed by atoms with van der Waals surface area (Å²) < 4.78 is 5.46. The van der Waals surface area contributed by atoms with Gasteiger partial charge in [0.1, 0.15) is 0 Å². The van der Waals surface area contributed by atoms with Crippen molar-refractivity contribution in [3.05, 3.63) is 0 Å². The molecule has 0 aliphatic carbocycles. The molecule has 1 aliphatic rings. The van der Waals surface area contributed by atoms with Crippen LogP contribution in [0.15, 0.2) is 0 Å². The van der Waals surface area contributed by atoms with Gasteiger partial charge in [0.25, 0.3) is 0 Å². The maximum absolute atomic E-state index is 6.04. The van der Waals surface area contributed by atoms with Crippen LogP contribution in [-0.4, -0.2) is 43.3 Å². The summed E-state index contributed by atoms with van der Waals surface area (Å²) in [4.78, 5) is 2.55. The summed E-state index contributed by atoms with van der Waals surface area (Å²) in [6.45, 7) is 6.75. The molecule has 1 fully saturated rings. The third-order valence-electron chi connectivity index (χ3n) is 4.04. The van der Waals surface area contributed by atoms with Gasteiger partial charge in [-0.3, -0.25) is 4.90 Å². The monoisotopic (exact) mass is 242 g/mol. The summed E-state index contributed by atoms with van der Waals surface area (Å²) in [6, 6.07) is 0.903. The molecule has 1 saturated heterocycles. The first-order chi connectivity index (χ1) is 8.19. The Balaban J connectivity index is 2.24. The van der Waals surface area contributed by atoms with Crippen molar-refractivity contribution >= 4 is 0 Å². The molecule has 0 aromatic heterocycles. The molecule has 0 radical (unpaired) electrons. The van der Waals surface area contributed by atoms with Crippen molar-refractivity contribution in [3.63, 3.8) is 0 Å². The number of likely N-dealkylation sites (tertiary alicyclic amines) is 1. The van der Waals surface area contributed by atoms with E-state index in [-0.39, 0.29) is 12.1 Å². The molecule has 0 amide bonds. The zero-order valence-electron chi connectivity index (χ0n) is 11.8. The van der Waals surface area contributed by atoms with E-state index in [4.69, 9.17) is 10.5 Å². The Kier molecular flexibility index (Phi) is 7.09. The minimum absolute atomic E-state index is 0.224. The molecule has 0 aromatic carbocycles. The smallest absolute Gasteiger partial charge is 0.0849 e. The Labute approximate surface area is 107 Å². The number of rotatable bonds is 7. The SMILES string of the molecule is CCCCCCC(C)N1CC[C@@H](N)[C@H](OC)C1. The number of unbranched alkanes of at least 4 members (excludes halogenated alkanes) is 3. The first-order valence-electron chi connectivity index (χ1n) is 7.21. The molecular weight excluding hydrogens is 212 g/mol. The van der Waals surface area contributed by atoms with E-state index in [1.54, 1.807) is 7.11 Å². The molecule has 0 saturated carbocycles. The van der Waals surface area contributed by atoms with E-state index in [9.17, 15) is 0 Å². The number of hydrogen-bond acceptors (Lipinski definition) is 3. The molecular formula is C14H30N2O. The summed E-state index contributed by atoms with van der Waals surface area (Å²) in [5, 5.41) is 0. The molecule has 0 aromatic rings. The minimum atomic E-state index is 0.224. The number of hydrogen-bond donors (Lipinski definition) is 1. The minimum Gasteiger partial charge on any atom is -0.379 e. The maximum atomic E-state index is 6.04. The van der Waals surface area contributed by atoms with Gasteiger partial charge in [-0.05, 0) is 19.8 Å². The Morgan fingerprint density at radius 3 is 2.76 bits per heavy atom. The highest BCUT2D eigenvalue weighted by molar-refractivity contribution is 4.85. The summed E-state index contributed by atoms with van der Waals surface area (Å²) in [5.74, 6) is 0. The number of nitrogens with two attached hydrogens (primary N) is 1. The third-order valence-corrected chi connectivity index (χ3v) is 4.04. The lowest BCUT2D eigenvalue weighted by molar-refractivity contribution is 0.00233. The van der Waals surface area contributed by atoms with Gasteiger partial charge in [-0.2, -0.15) is 0 Å². The highest BCUT2D eigenvalue weighted by Gasteiger charge is 2.28. The van der Waals surface area contributed by atoms with E-state index in [1.165, 1.54) is 32.1 Å². The first-order valence-corrected chi connectivity index (χ1v) is 7.21. The standard InChI is InChI=1S/C14H30N2O/c1-4-5-6-7-8-12(2)16-10-9-13(15)14(11-16)17-3/h12-14H,4-11,15H2,1-3H3/t12?,13-,14-/m1/s1. The van der Waals surface area contributed by atoms with Crippen LogP contribution in [0.5, 0.6) is 0 Å². The van der Waals surface area contributed by atoms with Gasteiger partial charge < -0.3 is 10.5 Å². The number of piperidine rings is 1. The second-order valence-corrected chi connectivity index (χ2v) is 5.42. The summed E-state index contributed by atoms with van der Waals surface area (Å²) in [7, 11) is 1.78. The van der Waals surface area contributed by atoms with Gasteiger partial charge in [0, 0.05) is 32.3 Å². The van der Waals surface area contributed by atoms with Crippen LogP contribution in [0.2, 0.25) is 0 Å². The fourth-order valence-corrected chi connectivity index (χ4v) is 2.66. The van der Waals surface area contributed by atoms with Crippen LogP contribution in [-0.2, 0) is 4.74 Å². The van der Waals surface area contributed by atoms with E-state index < -0.39 is 0 Å². The molecule has 17 heavy (non-hydrogen) atoms. The third kappa shape index (κ3) is 4.94. The van der Waals surface area contributed by atoms with Gasteiger partial charge in [0.2, 0.25) is 0 Å². The fourth-order valence-electron chi connectivity index (χ4n) is 2.66. The van der Waals surface area contributed by atoms with Crippen LogP contribution in [0.3, 0.4) is 0 Å². The van der Waals surface area contributed by atoms with E-state index >= 15 is 0 Å². The van der Waals surface area contributed by atoms with Gasteiger partial charge in [0.15, 0.2) is 0 Å². The lowest BCUT2D eigenvalue weighted by Crippen LogP contribution is -2.53. The quantitative estimate of drug-likeness (QED) is 0.697. The first kappa shape index (κ1) is 14.9. The average molecular weight is 242 g/mol. The molecule has 1 aliphatic heterocycles. The van der Waals surface area contributed by atoms with E-state index in [1.807, 2.05) is 0 Å². The molecule has 1 heterocycles. The number of methoxy groups -OCH3 is 1. The van der Waals surface area contributed by atoms with Crippen molar-refractivity contribution in [2.45, 2.75) is 70.6 Å². The van der Waals surface area contributed by atoms with Crippen molar-refractivity contribution in [1.29, 1.82) is 0 Å². The van der Waals surface area contributed by atoms with Crippen LogP contribution in [0.1, 0.15) is 52.4 Å². The van der Waals surface area contributed by atoms with E-state index in [2.05, 4.69) is 18.7 Å². The fraction of sp³-hybridized carbons (Fsp3) is 1.00. The second-order valence-electron chi connectivity index (χ2n) is 5.42. The molecule has 0 bridgehead atoms. The lowest BCUT2D eigenvalue weighted by Gasteiger charge is -2.39. The van der Waals surface area contributed by atoms with Crippen LogP contribution in [0.4, 0.5) is 0 Å². The lowest BCUT2D eigenvalue weighted by atomic mass is 9.99. The largest absolute Gasteiger partial charge is 0.379 e. The Bertz CT molecular complexity index is 199. The van der Waals surface area contributed by atoms with Crippen LogP contribution in [0.25, 0.3) is 0 Å². The maximum Gasteiger partial charge on any atom is 0.0849 e. The molecule has 1 unspecified atom stereocenters. The molecule has 2 N–H and O–H groups in total. The molecule has 3 heteroatoms. The van der Waals surface area contributed by atoms with Crippen LogP contribution >= 0.6 is 0 Å². The summed E-state index contributed by atoms with van der Waals surface area (Å²) >= 11 is 0. The predicted octanol–water partition coefficient (Wildman–Crippen LogP) is 2.39. The Hall–Kier alpha value is -0.120. The normalized spacial score (nSPS) is 28.2. The number of ether oxygens (including phenoxy) is 1. The van der Waals surface area contributed by atoms with Gasteiger partial charge in [-0.15, -0.1) is 0 Å². The number of nitrogens with zero attached hydrogens (tertiary/aromatic N) is 1. The van der Waals surface area contributed by atoms with Crippen molar-refractivity contribution < 1.29 is 4.74 Å².